The molecule has 1 aromatic heterocycles. The molecule has 2 aromatic carbocycles. The van der Waals surface area contributed by atoms with E-state index in [1.165, 1.54) is 18.6 Å². The molecular weight excluding hydrogens is 264 g/mol. The van der Waals surface area contributed by atoms with Crippen LogP contribution in [0.15, 0.2) is 66.2 Å². The fourth-order valence-corrected chi connectivity index (χ4v) is 2.00. The quantitative estimate of drug-likeness (QED) is 0.590. The average molecular weight is 276 g/mol. The number of fused-ring (bicyclic) bond motifs is 1. The largest absolute Gasteiger partial charge is 0.291 e. The smallest absolute Gasteiger partial charge is 0.265 e. The Hall–Kier alpha value is -3.08. The number of nitrogens with zero attached hydrogens (tertiary/aromatic N) is 3. The predicted octanol–water partition coefficient (Wildman–Crippen LogP) is 2.39. The number of hydrazone groups is 1. The van der Waals surface area contributed by atoms with Crippen LogP contribution in [0.1, 0.15) is 16.1 Å². The third-order valence-electron chi connectivity index (χ3n) is 2.99. The summed E-state index contributed by atoms with van der Waals surface area (Å²) in [7, 11) is 0. The Labute approximate surface area is 121 Å². The fraction of sp³-hybridized carbons (Fsp3) is 0. The molecule has 0 atom stereocenters. The van der Waals surface area contributed by atoms with Crippen molar-refractivity contribution >= 4 is 22.9 Å². The molecule has 5 heteroatoms. The fourth-order valence-electron chi connectivity index (χ4n) is 2.00. The molecule has 1 N–H and O–H groups in total. The van der Waals surface area contributed by atoms with Crippen molar-refractivity contribution in [1.82, 2.24) is 15.4 Å². The molecule has 0 spiro atoms. The molecule has 21 heavy (non-hydrogen) atoms. The van der Waals surface area contributed by atoms with Gasteiger partial charge in [-0.2, -0.15) is 5.10 Å². The van der Waals surface area contributed by atoms with Crippen molar-refractivity contribution in [3.63, 3.8) is 0 Å². The van der Waals surface area contributed by atoms with Gasteiger partial charge in [0.2, 0.25) is 0 Å². The maximum absolute atomic E-state index is 11.8. The minimum atomic E-state index is -0.389. The third-order valence-corrected chi connectivity index (χ3v) is 2.99. The van der Waals surface area contributed by atoms with Gasteiger partial charge in [-0.1, -0.05) is 42.5 Å². The first-order valence-corrected chi connectivity index (χ1v) is 6.42. The lowest BCUT2D eigenvalue weighted by molar-refractivity contribution is 0.0949. The van der Waals surface area contributed by atoms with Gasteiger partial charge in [-0.15, -0.1) is 0 Å². The van der Waals surface area contributed by atoms with Gasteiger partial charge in [0.05, 0.1) is 12.4 Å². The summed E-state index contributed by atoms with van der Waals surface area (Å²) in [6.07, 6.45) is 5.98. The van der Waals surface area contributed by atoms with Crippen molar-refractivity contribution in [2.45, 2.75) is 0 Å². The molecule has 1 heterocycles. The van der Waals surface area contributed by atoms with E-state index in [0.29, 0.717) is 0 Å². The molecule has 3 rings (SSSR count). The minimum absolute atomic E-state index is 0.229. The Morgan fingerprint density at radius 3 is 2.81 bits per heavy atom. The van der Waals surface area contributed by atoms with Crippen molar-refractivity contribution in [2.24, 2.45) is 5.10 Å². The molecule has 102 valence electrons. The zero-order valence-corrected chi connectivity index (χ0v) is 11.1. The van der Waals surface area contributed by atoms with Crippen molar-refractivity contribution in [2.75, 3.05) is 0 Å². The van der Waals surface area contributed by atoms with E-state index in [4.69, 9.17) is 0 Å². The van der Waals surface area contributed by atoms with Gasteiger partial charge in [0.1, 0.15) is 5.69 Å². The lowest BCUT2D eigenvalue weighted by Crippen LogP contribution is -2.19. The van der Waals surface area contributed by atoms with E-state index in [0.717, 1.165) is 16.3 Å². The molecule has 5 nitrogen and oxygen atoms in total. The summed E-state index contributed by atoms with van der Waals surface area (Å²) in [5, 5.41) is 6.18. The second-order valence-corrected chi connectivity index (χ2v) is 4.36. The topological polar surface area (TPSA) is 67.2 Å². The van der Waals surface area contributed by atoms with Crippen LogP contribution >= 0.6 is 0 Å². The number of aromatic nitrogens is 2. The Balaban J connectivity index is 1.78. The van der Waals surface area contributed by atoms with Crippen LogP contribution in [0, 0.1) is 0 Å². The van der Waals surface area contributed by atoms with E-state index in [1.807, 2.05) is 42.5 Å². The number of hydrogen-bond acceptors (Lipinski definition) is 4. The van der Waals surface area contributed by atoms with E-state index in [9.17, 15) is 4.79 Å². The van der Waals surface area contributed by atoms with E-state index in [-0.39, 0.29) is 11.6 Å². The lowest BCUT2D eigenvalue weighted by atomic mass is 10.1. The van der Waals surface area contributed by atoms with E-state index < -0.39 is 0 Å². The molecule has 1 amide bonds. The summed E-state index contributed by atoms with van der Waals surface area (Å²) in [6.45, 7) is 0. The van der Waals surface area contributed by atoms with Gasteiger partial charge in [-0.3, -0.25) is 9.78 Å². The Kier molecular flexibility index (Phi) is 3.64. The van der Waals surface area contributed by atoms with Gasteiger partial charge >= 0.3 is 0 Å². The maximum Gasteiger partial charge on any atom is 0.291 e. The summed E-state index contributed by atoms with van der Waals surface area (Å²) in [5.74, 6) is -0.389. The standard InChI is InChI=1S/C16H12N4O/c21-16(15-11-17-8-9-18-15)20-19-10-13-6-3-5-12-4-1-2-7-14(12)13/h1-11H,(H,20,21). The van der Waals surface area contributed by atoms with E-state index >= 15 is 0 Å². The number of carbonyl (C=O) groups is 1. The van der Waals surface area contributed by atoms with Gasteiger partial charge in [0.15, 0.2) is 0 Å². The highest BCUT2D eigenvalue weighted by Gasteiger charge is 2.04. The van der Waals surface area contributed by atoms with Crippen LogP contribution in [0.3, 0.4) is 0 Å². The summed E-state index contributed by atoms with van der Waals surface area (Å²) in [4.78, 5) is 19.5. The lowest BCUT2D eigenvalue weighted by Gasteiger charge is -2.01. The molecular formula is C16H12N4O. The normalized spacial score (nSPS) is 10.9. The molecule has 0 aliphatic carbocycles. The first-order valence-electron chi connectivity index (χ1n) is 6.42. The number of benzene rings is 2. The van der Waals surface area contributed by atoms with Crippen LogP contribution in [0.2, 0.25) is 0 Å². The first-order chi connectivity index (χ1) is 10.3. The van der Waals surface area contributed by atoms with Crippen molar-refractivity contribution in [3.8, 4) is 0 Å². The van der Waals surface area contributed by atoms with Crippen LogP contribution in [0.25, 0.3) is 10.8 Å². The van der Waals surface area contributed by atoms with Crippen molar-refractivity contribution in [1.29, 1.82) is 0 Å². The van der Waals surface area contributed by atoms with Crippen LogP contribution in [0.4, 0.5) is 0 Å². The van der Waals surface area contributed by atoms with E-state index in [1.54, 1.807) is 6.21 Å². The van der Waals surface area contributed by atoms with Gasteiger partial charge in [-0.25, -0.2) is 10.4 Å². The second-order valence-electron chi connectivity index (χ2n) is 4.36. The summed E-state index contributed by atoms with van der Waals surface area (Å²) < 4.78 is 0. The number of hydrogen-bond donors (Lipinski definition) is 1. The SMILES string of the molecule is O=C(NN=Cc1cccc2ccccc12)c1cnccn1. The number of nitrogens with one attached hydrogen (secondary N) is 1. The number of carbonyl (C=O) groups excluding carboxylic acids is 1. The van der Waals surface area contributed by atoms with Gasteiger partial charge in [0, 0.05) is 18.0 Å². The summed E-state index contributed by atoms with van der Waals surface area (Å²) in [5.41, 5.74) is 3.61. The monoisotopic (exact) mass is 276 g/mol. The molecule has 0 bridgehead atoms. The Morgan fingerprint density at radius 2 is 1.95 bits per heavy atom. The van der Waals surface area contributed by atoms with Gasteiger partial charge in [-0.05, 0) is 10.8 Å². The van der Waals surface area contributed by atoms with Crippen LogP contribution < -0.4 is 5.43 Å². The maximum atomic E-state index is 11.8. The molecule has 0 unspecified atom stereocenters. The van der Waals surface area contributed by atoms with Crippen LogP contribution in [-0.4, -0.2) is 22.1 Å². The van der Waals surface area contributed by atoms with Crippen LogP contribution in [0.5, 0.6) is 0 Å². The van der Waals surface area contributed by atoms with Crippen molar-refractivity contribution in [3.05, 3.63) is 72.3 Å². The van der Waals surface area contributed by atoms with E-state index in [2.05, 4.69) is 20.5 Å². The molecule has 0 saturated carbocycles. The first kappa shape index (κ1) is 12.9. The predicted molar refractivity (Wildman–Crippen MR) is 81.0 cm³/mol. The van der Waals surface area contributed by atoms with Crippen molar-refractivity contribution < 1.29 is 4.79 Å². The average Bonchev–Trinajstić information content (AvgIpc) is 2.56. The molecule has 0 radical (unpaired) electrons. The van der Waals surface area contributed by atoms with Gasteiger partial charge in [0.25, 0.3) is 5.91 Å². The summed E-state index contributed by atoms with van der Waals surface area (Å²) in [6, 6.07) is 13.9. The third kappa shape index (κ3) is 2.92. The summed E-state index contributed by atoms with van der Waals surface area (Å²) >= 11 is 0. The minimum Gasteiger partial charge on any atom is -0.265 e. The molecule has 0 saturated heterocycles. The molecule has 0 aliphatic rings. The zero-order chi connectivity index (χ0) is 14.5. The Morgan fingerprint density at radius 1 is 1.10 bits per heavy atom. The Bertz CT molecular complexity index is 794. The highest BCUT2D eigenvalue weighted by atomic mass is 16.2. The number of amides is 1. The van der Waals surface area contributed by atoms with Crippen LogP contribution in [-0.2, 0) is 0 Å². The van der Waals surface area contributed by atoms with Gasteiger partial charge < -0.3 is 0 Å². The molecule has 0 aliphatic heterocycles. The second kappa shape index (κ2) is 5.92. The zero-order valence-electron chi connectivity index (χ0n) is 11.1. The molecule has 0 fully saturated rings. The number of rotatable bonds is 3. The molecule has 3 aromatic rings. The highest BCUT2D eigenvalue weighted by molar-refractivity contribution is 6.00. The highest BCUT2D eigenvalue weighted by Crippen LogP contribution is 2.16.